The maximum absolute atomic E-state index is 13.1. The van der Waals surface area contributed by atoms with Crippen molar-refractivity contribution < 1.29 is 80.2 Å². The van der Waals surface area contributed by atoms with Crippen LogP contribution in [-0.4, -0.2) is 96.7 Å². The maximum Gasteiger partial charge on any atom is 0.472 e. The molecule has 0 spiro atoms. The number of carbonyl (C=O) groups excluding carboxylic acids is 4. The molecule has 17 nitrogen and oxygen atoms in total. The van der Waals surface area contributed by atoms with Crippen molar-refractivity contribution in [3.8, 4) is 0 Å². The van der Waals surface area contributed by atoms with Crippen LogP contribution in [0.25, 0.3) is 0 Å². The smallest absolute Gasteiger partial charge is 0.462 e. The van der Waals surface area contributed by atoms with Gasteiger partial charge in [-0.15, -0.1) is 0 Å². The molecule has 0 bridgehead atoms. The zero-order valence-corrected chi connectivity index (χ0v) is 65.5. The molecule has 0 saturated heterocycles. The first-order valence-electron chi connectivity index (χ1n) is 39.4. The summed E-state index contributed by atoms with van der Waals surface area (Å²) in [6, 6.07) is 0. The largest absolute Gasteiger partial charge is 0.472 e. The lowest BCUT2D eigenvalue weighted by atomic mass is 10.1. The second kappa shape index (κ2) is 74.5. The van der Waals surface area contributed by atoms with Gasteiger partial charge in [0.25, 0.3) is 0 Å². The summed E-state index contributed by atoms with van der Waals surface area (Å²) in [5.41, 5.74) is 0. The van der Waals surface area contributed by atoms with Crippen LogP contribution in [0.1, 0.15) is 310 Å². The van der Waals surface area contributed by atoms with Gasteiger partial charge in [-0.2, -0.15) is 0 Å². The summed E-state index contributed by atoms with van der Waals surface area (Å²) >= 11 is 0. The van der Waals surface area contributed by atoms with Gasteiger partial charge in [0.2, 0.25) is 0 Å². The molecule has 5 unspecified atom stereocenters. The molecule has 0 aliphatic carbocycles. The van der Waals surface area contributed by atoms with Crippen molar-refractivity contribution in [3.05, 3.63) is 134 Å². The Balaban J connectivity index is 5.32. The Morgan fingerprint density at radius 1 is 0.284 bits per heavy atom. The highest BCUT2D eigenvalue weighted by Gasteiger charge is 2.30. The van der Waals surface area contributed by atoms with Crippen LogP contribution in [0.2, 0.25) is 0 Å². The highest BCUT2D eigenvalue weighted by Crippen LogP contribution is 2.45. The number of hydrogen-bond acceptors (Lipinski definition) is 15. The van der Waals surface area contributed by atoms with Crippen molar-refractivity contribution in [2.24, 2.45) is 0 Å². The second-order valence-corrected chi connectivity index (χ2v) is 28.8. The van der Waals surface area contributed by atoms with Gasteiger partial charge in [0.1, 0.15) is 19.3 Å². The molecular weight excluding hydrogens is 1330 g/mol. The van der Waals surface area contributed by atoms with Crippen molar-refractivity contribution in [1.82, 2.24) is 0 Å². The Hall–Kier alpha value is -4.80. The number of allylic oxidation sites excluding steroid dienone is 22. The van der Waals surface area contributed by atoms with Crippen LogP contribution in [-0.2, 0) is 65.4 Å². The van der Waals surface area contributed by atoms with E-state index in [1.807, 2.05) is 0 Å². The van der Waals surface area contributed by atoms with Gasteiger partial charge in [-0.25, -0.2) is 9.13 Å². The predicted octanol–water partition coefficient (Wildman–Crippen LogP) is 22.9. The predicted molar refractivity (Wildman–Crippen MR) is 418 cm³/mol. The van der Waals surface area contributed by atoms with Crippen LogP contribution < -0.4 is 0 Å². The molecular formula is C83H140O17P2. The van der Waals surface area contributed by atoms with Crippen LogP contribution in [0.4, 0.5) is 0 Å². The van der Waals surface area contributed by atoms with E-state index < -0.39 is 97.5 Å². The number of rotatable bonds is 73. The van der Waals surface area contributed by atoms with E-state index in [1.165, 1.54) is 12.8 Å². The first-order valence-corrected chi connectivity index (χ1v) is 42.4. The Morgan fingerprint density at radius 3 is 0.833 bits per heavy atom. The summed E-state index contributed by atoms with van der Waals surface area (Å²) < 4.78 is 68.5. The lowest BCUT2D eigenvalue weighted by Crippen LogP contribution is -2.30. The molecule has 0 aromatic carbocycles. The molecule has 584 valence electrons. The topological polar surface area (TPSA) is 237 Å². The molecule has 0 radical (unpaired) electrons. The lowest BCUT2D eigenvalue weighted by Gasteiger charge is -2.21. The van der Waals surface area contributed by atoms with E-state index in [0.29, 0.717) is 25.7 Å². The fourth-order valence-electron chi connectivity index (χ4n) is 10.1. The van der Waals surface area contributed by atoms with Crippen LogP contribution in [0.5, 0.6) is 0 Å². The van der Waals surface area contributed by atoms with E-state index in [4.69, 9.17) is 37.0 Å². The average Bonchev–Trinajstić information content (AvgIpc) is 0.907. The van der Waals surface area contributed by atoms with Crippen LogP contribution in [0.15, 0.2) is 134 Å². The highest BCUT2D eigenvalue weighted by molar-refractivity contribution is 7.47. The molecule has 0 saturated carbocycles. The third kappa shape index (κ3) is 73.5. The first kappa shape index (κ1) is 97.2. The summed E-state index contributed by atoms with van der Waals surface area (Å²) in [5.74, 6) is -2.23. The molecule has 5 atom stereocenters. The van der Waals surface area contributed by atoms with Gasteiger partial charge in [-0.05, 0) is 148 Å². The number of hydrogen-bond donors (Lipinski definition) is 3. The Bertz CT molecular complexity index is 2460. The second-order valence-electron chi connectivity index (χ2n) is 25.9. The van der Waals surface area contributed by atoms with Gasteiger partial charge in [-0.3, -0.25) is 37.3 Å². The van der Waals surface area contributed by atoms with E-state index in [0.717, 1.165) is 218 Å². The minimum Gasteiger partial charge on any atom is -0.462 e. The van der Waals surface area contributed by atoms with Crippen molar-refractivity contribution >= 4 is 39.5 Å². The molecule has 0 aromatic heterocycles. The number of carbonyl (C=O) groups is 4. The lowest BCUT2D eigenvalue weighted by molar-refractivity contribution is -0.161. The SMILES string of the molecule is CC/C=C\C/C=C\C/C=C\C/C=C\CCCCCCCCC(=O)OCC(COP(=O)(O)OCC(O)COP(=O)(O)OCC(COC(=O)CCCCCCCC/C=C\C/C=C\C/C=C\C/C=C\CC)OC(=O)CCCCCCC/C=C\CCCC)OC(=O)CCCCCCC/C=C\C/C=C\CCC. The molecule has 0 rings (SSSR count). The molecule has 3 N–H and O–H groups in total. The standard InChI is InChI=1S/C83H140O17P2/c1-5-9-13-17-21-25-29-32-34-36-38-40-42-45-48-51-55-59-63-67-80(85)93-73-78(99-82(87)69-65-61-57-53-47-28-24-20-16-12-8-4)75-97-101(89,90)95-71-77(84)72-96-102(91,92)98-76-79(100-83(88)70-66-62-58-54-50-44-31-27-23-19-15-11-7-3)74-94-81(86)68-64-60-56-52-49-46-43-41-39-37-35-33-30-26-22-18-14-10-6-2/h9-10,13-15,19-22,24-27,31-35,38-41,77-79,84H,5-8,11-12,16-18,23,28-30,36-37,42-76H2,1-4H3,(H,89,90)(H,91,92)/b13-9-,14-10-,19-15-,24-20-,25-21-,26-22-,31-27-,34-32-,35-33-,40-38-,41-39-. The Labute approximate surface area is 618 Å². The summed E-state index contributed by atoms with van der Waals surface area (Å²) in [7, 11) is -9.97. The zero-order valence-electron chi connectivity index (χ0n) is 63.7. The minimum atomic E-state index is -4.99. The number of esters is 4. The van der Waals surface area contributed by atoms with Gasteiger partial charge in [0, 0.05) is 25.7 Å². The number of ether oxygens (including phenoxy) is 4. The molecule has 102 heavy (non-hydrogen) atoms. The van der Waals surface area contributed by atoms with Crippen molar-refractivity contribution in [2.45, 2.75) is 329 Å². The van der Waals surface area contributed by atoms with Crippen molar-refractivity contribution in [3.63, 3.8) is 0 Å². The van der Waals surface area contributed by atoms with E-state index in [9.17, 15) is 43.2 Å². The maximum atomic E-state index is 13.1. The van der Waals surface area contributed by atoms with Gasteiger partial charge < -0.3 is 33.8 Å². The fraction of sp³-hybridized carbons (Fsp3) is 0.687. The Morgan fingerprint density at radius 2 is 0.529 bits per heavy atom. The molecule has 0 aromatic rings. The van der Waals surface area contributed by atoms with E-state index in [2.05, 4.69) is 161 Å². The minimum absolute atomic E-state index is 0.0724. The molecule has 0 aliphatic heterocycles. The monoisotopic (exact) mass is 1470 g/mol. The quantitative estimate of drug-likeness (QED) is 0.0169. The van der Waals surface area contributed by atoms with E-state index in [-0.39, 0.29) is 25.7 Å². The zero-order chi connectivity index (χ0) is 74.6. The third-order valence-electron chi connectivity index (χ3n) is 16.1. The van der Waals surface area contributed by atoms with Crippen LogP contribution in [0.3, 0.4) is 0 Å². The number of phosphoric acid groups is 2. The van der Waals surface area contributed by atoms with E-state index >= 15 is 0 Å². The highest BCUT2D eigenvalue weighted by atomic mass is 31.2. The summed E-state index contributed by atoms with van der Waals surface area (Å²) in [5, 5.41) is 10.6. The van der Waals surface area contributed by atoms with Crippen LogP contribution >= 0.6 is 15.6 Å². The van der Waals surface area contributed by atoms with Gasteiger partial charge >= 0.3 is 39.5 Å². The molecule has 0 fully saturated rings. The number of aliphatic hydroxyl groups is 1. The van der Waals surface area contributed by atoms with Gasteiger partial charge in [-0.1, -0.05) is 271 Å². The first-order chi connectivity index (χ1) is 49.7. The number of unbranched alkanes of at least 4 members (excludes halogenated alkanes) is 25. The summed E-state index contributed by atoms with van der Waals surface area (Å²) in [4.78, 5) is 72.9. The Kier molecular flexibility index (Phi) is 71.0. The third-order valence-corrected chi connectivity index (χ3v) is 18.0. The number of phosphoric ester groups is 2. The van der Waals surface area contributed by atoms with E-state index in [1.54, 1.807) is 0 Å². The van der Waals surface area contributed by atoms with Crippen molar-refractivity contribution in [2.75, 3.05) is 39.6 Å². The normalized spacial score (nSPS) is 14.6. The molecule has 0 heterocycles. The van der Waals surface area contributed by atoms with Gasteiger partial charge in [0.05, 0.1) is 26.4 Å². The van der Waals surface area contributed by atoms with Crippen molar-refractivity contribution in [1.29, 1.82) is 0 Å². The van der Waals surface area contributed by atoms with Crippen LogP contribution in [0, 0.1) is 0 Å². The molecule has 0 aliphatic rings. The average molecular weight is 1470 g/mol. The molecule has 19 heteroatoms. The van der Waals surface area contributed by atoms with Gasteiger partial charge in [0.15, 0.2) is 12.2 Å². The fourth-order valence-corrected chi connectivity index (χ4v) is 11.7. The summed E-state index contributed by atoms with van der Waals surface area (Å²) in [6.07, 6.45) is 82.9. The summed E-state index contributed by atoms with van der Waals surface area (Å²) in [6.45, 7) is 4.49. The molecule has 0 amide bonds. The number of aliphatic hydroxyl groups excluding tert-OH is 1.